The molecular weight excluding hydrogens is 372 g/mol. The van der Waals surface area contributed by atoms with Crippen molar-refractivity contribution in [3.63, 3.8) is 0 Å². The minimum atomic E-state index is -0.898. The van der Waals surface area contributed by atoms with E-state index in [1.807, 2.05) is 30.3 Å². The van der Waals surface area contributed by atoms with Crippen LogP contribution < -0.4 is 10.6 Å². The predicted molar refractivity (Wildman–Crippen MR) is 107 cm³/mol. The van der Waals surface area contributed by atoms with Crippen molar-refractivity contribution in [2.75, 3.05) is 5.32 Å². The number of nitrogens with one attached hydrogen (secondary N) is 2. The Morgan fingerprint density at radius 1 is 1.12 bits per heavy atom. The Hall–Kier alpha value is -2.18. The molecule has 0 saturated carbocycles. The Kier molecular flexibility index (Phi) is 6.94. The van der Waals surface area contributed by atoms with Crippen molar-refractivity contribution in [3.8, 4) is 0 Å². The van der Waals surface area contributed by atoms with E-state index in [-0.39, 0.29) is 6.61 Å². The first-order valence-corrected chi connectivity index (χ1v) is 8.84. The fourth-order valence-corrected chi connectivity index (χ4v) is 2.50. The molecule has 1 atom stereocenters. The molecule has 5 nitrogen and oxygen atoms in total. The third-order valence-corrected chi connectivity index (χ3v) is 4.07. The van der Waals surface area contributed by atoms with Crippen LogP contribution in [0.15, 0.2) is 54.6 Å². The summed E-state index contributed by atoms with van der Waals surface area (Å²) < 4.78 is 4.39. The van der Waals surface area contributed by atoms with Crippen molar-refractivity contribution in [2.45, 2.75) is 31.2 Å². The van der Waals surface area contributed by atoms with Gasteiger partial charge in [-0.1, -0.05) is 41.9 Å². The molecule has 1 unspecified atom stereocenters. The van der Waals surface area contributed by atoms with Crippen LogP contribution in [-0.4, -0.2) is 22.8 Å². The summed E-state index contributed by atoms with van der Waals surface area (Å²) >= 11 is 10.3. The molecule has 26 heavy (non-hydrogen) atoms. The lowest BCUT2D eigenvalue weighted by Gasteiger charge is -2.29. The van der Waals surface area contributed by atoms with Gasteiger partial charge in [-0.3, -0.25) is 4.79 Å². The topological polar surface area (TPSA) is 67.4 Å². The third-order valence-electron chi connectivity index (χ3n) is 3.56. The monoisotopic (exact) mass is 392 g/mol. The minimum Gasteiger partial charge on any atom is -0.445 e. The molecule has 0 saturated heterocycles. The van der Waals surface area contributed by atoms with Crippen LogP contribution in [0.4, 0.5) is 10.5 Å². The summed E-state index contributed by atoms with van der Waals surface area (Å²) in [6.07, 6.45) is -0.688. The number of anilines is 1. The van der Waals surface area contributed by atoms with Crippen molar-refractivity contribution < 1.29 is 14.3 Å². The lowest BCUT2D eigenvalue weighted by Crippen LogP contribution is -2.53. The average Bonchev–Trinajstić information content (AvgIpc) is 2.59. The second-order valence-electron chi connectivity index (χ2n) is 6.29. The zero-order valence-electron chi connectivity index (χ0n) is 14.5. The van der Waals surface area contributed by atoms with E-state index in [1.165, 1.54) is 0 Å². The zero-order chi connectivity index (χ0) is 19.2. The molecule has 0 aromatic heterocycles. The summed E-state index contributed by atoms with van der Waals surface area (Å²) in [6.45, 7) is 3.59. The average molecular weight is 393 g/mol. The van der Waals surface area contributed by atoms with E-state index >= 15 is 0 Å². The highest BCUT2D eigenvalue weighted by Gasteiger charge is 2.34. The Morgan fingerprint density at radius 3 is 2.31 bits per heavy atom. The van der Waals surface area contributed by atoms with E-state index < -0.39 is 22.8 Å². The number of carbonyl (C=O) groups excluding carboxylic acids is 2. The number of benzene rings is 2. The molecular formula is C19H21ClN2O3S. The molecule has 2 aromatic rings. The van der Waals surface area contributed by atoms with Gasteiger partial charge in [0.05, 0.1) is 0 Å². The molecule has 138 valence electrons. The van der Waals surface area contributed by atoms with Crippen LogP contribution in [0.25, 0.3) is 0 Å². The number of alkyl carbamates (subject to hydrolysis) is 1. The van der Waals surface area contributed by atoms with Gasteiger partial charge in [-0.2, -0.15) is 12.6 Å². The first-order chi connectivity index (χ1) is 12.3. The molecule has 2 N–H and O–H groups in total. The van der Waals surface area contributed by atoms with E-state index in [9.17, 15) is 9.59 Å². The summed E-state index contributed by atoms with van der Waals surface area (Å²) in [6, 6.07) is 15.1. The Labute approximate surface area is 163 Å². The fourth-order valence-electron chi connectivity index (χ4n) is 2.19. The molecule has 2 aromatic carbocycles. The standard InChI is InChI=1S/C19H21ClN2O3S/c1-19(2,26)16(17(23)21-15-10-8-14(20)9-11-15)22-18(24)25-12-13-6-4-3-5-7-13/h3-11,16,26H,12H2,1-2H3,(H,21,23)(H,22,24). The number of carbonyl (C=O) groups is 2. The predicted octanol–water partition coefficient (Wildman–Crippen LogP) is 4.28. The van der Waals surface area contributed by atoms with Gasteiger partial charge in [-0.15, -0.1) is 0 Å². The molecule has 0 heterocycles. The second kappa shape index (κ2) is 8.96. The normalized spacial score (nSPS) is 12.2. The number of halogens is 1. The van der Waals surface area contributed by atoms with E-state index in [0.717, 1.165) is 5.56 Å². The molecule has 0 spiro atoms. The summed E-state index contributed by atoms with van der Waals surface area (Å²) in [5, 5.41) is 5.89. The fraction of sp³-hybridized carbons (Fsp3) is 0.263. The maximum atomic E-state index is 12.6. The maximum Gasteiger partial charge on any atom is 0.408 e. The minimum absolute atomic E-state index is 0.116. The van der Waals surface area contributed by atoms with Crippen LogP contribution in [0.2, 0.25) is 5.02 Å². The molecule has 0 aliphatic heterocycles. The lowest BCUT2D eigenvalue weighted by molar-refractivity contribution is -0.118. The summed E-state index contributed by atoms with van der Waals surface area (Å²) in [5.41, 5.74) is 1.43. The number of hydrogen-bond acceptors (Lipinski definition) is 4. The highest BCUT2D eigenvalue weighted by atomic mass is 35.5. The van der Waals surface area contributed by atoms with Gasteiger partial charge in [0.1, 0.15) is 12.6 Å². The summed E-state index contributed by atoms with van der Waals surface area (Å²) in [5.74, 6) is -0.399. The Morgan fingerprint density at radius 2 is 1.73 bits per heavy atom. The highest BCUT2D eigenvalue weighted by Crippen LogP contribution is 2.20. The quantitative estimate of drug-likeness (QED) is 0.642. The van der Waals surface area contributed by atoms with Crippen LogP contribution in [-0.2, 0) is 16.1 Å². The van der Waals surface area contributed by atoms with Gasteiger partial charge < -0.3 is 15.4 Å². The van der Waals surface area contributed by atoms with Crippen LogP contribution in [0.1, 0.15) is 19.4 Å². The maximum absolute atomic E-state index is 12.6. The van der Waals surface area contributed by atoms with Gasteiger partial charge in [0.2, 0.25) is 5.91 Å². The van der Waals surface area contributed by atoms with Crippen LogP contribution in [0.3, 0.4) is 0 Å². The number of thiol groups is 1. The van der Waals surface area contributed by atoms with Gasteiger partial charge in [0, 0.05) is 15.5 Å². The van der Waals surface area contributed by atoms with Crippen molar-refractivity contribution in [3.05, 3.63) is 65.2 Å². The van der Waals surface area contributed by atoms with Gasteiger partial charge in [0.25, 0.3) is 0 Å². The molecule has 2 amide bonds. The van der Waals surface area contributed by atoms with Crippen molar-refractivity contribution >= 4 is 41.9 Å². The van der Waals surface area contributed by atoms with Gasteiger partial charge in [-0.05, 0) is 43.7 Å². The zero-order valence-corrected chi connectivity index (χ0v) is 16.2. The van der Waals surface area contributed by atoms with Crippen LogP contribution in [0, 0.1) is 0 Å². The largest absolute Gasteiger partial charge is 0.445 e. The molecule has 0 aliphatic carbocycles. The van der Waals surface area contributed by atoms with Crippen LogP contribution in [0.5, 0.6) is 0 Å². The van der Waals surface area contributed by atoms with Crippen molar-refractivity contribution in [2.24, 2.45) is 0 Å². The van der Waals surface area contributed by atoms with E-state index in [0.29, 0.717) is 10.7 Å². The van der Waals surface area contributed by atoms with Gasteiger partial charge in [-0.25, -0.2) is 4.79 Å². The molecule has 0 bridgehead atoms. The number of rotatable bonds is 6. The SMILES string of the molecule is CC(C)(S)C(NC(=O)OCc1ccccc1)C(=O)Nc1ccc(Cl)cc1. The van der Waals surface area contributed by atoms with Crippen molar-refractivity contribution in [1.29, 1.82) is 0 Å². The molecule has 0 aliphatic rings. The van der Waals surface area contributed by atoms with Crippen LogP contribution >= 0.6 is 24.2 Å². The van der Waals surface area contributed by atoms with Gasteiger partial charge in [0.15, 0.2) is 0 Å². The number of hydrogen-bond donors (Lipinski definition) is 3. The van der Waals surface area contributed by atoms with Crippen molar-refractivity contribution in [1.82, 2.24) is 5.32 Å². The number of ether oxygens (including phenoxy) is 1. The van der Waals surface area contributed by atoms with Gasteiger partial charge >= 0.3 is 6.09 Å². The van der Waals surface area contributed by atoms with E-state index in [2.05, 4.69) is 23.3 Å². The lowest BCUT2D eigenvalue weighted by atomic mass is 10.0. The summed E-state index contributed by atoms with van der Waals surface area (Å²) in [4.78, 5) is 24.7. The number of amides is 2. The molecule has 7 heteroatoms. The molecule has 0 fully saturated rings. The molecule has 0 radical (unpaired) electrons. The highest BCUT2D eigenvalue weighted by molar-refractivity contribution is 7.81. The first kappa shape index (κ1) is 20.1. The summed E-state index contributed by atoms with van der Waals surface area (Å²) in [7, 11) is 0. The Bertz CT molecular complexity index is 746. The van der Waals surface area contributed by atoms with E-state index in [1.54, 1.807) is 38.1 Å². The van der Waals surface area contributed by atoms with E-state index in [4.69, 9.17) is 16.3 Å². The smallest absolute Gasteiger partial charge is 0.408 e. The second-order valence-corrected chi connectivity index (χ2v) is 7.88. The molecule has 2 rings (SSSR count). The Balaban J connectivity index is 1.98. The third kappa shape index (κ3) is 6.28. The first-order valence-electron chi connectivity index (χ1n) is 8.02.